The Kier molecular flexibility index (Phi) is 3.34. The minimum absolute atomic E-state index is 0.00738. The minimum Gasteiger partial charge on any atom is -0.363 e. The Morgan fingerprint density at radius 2 is 2.00 bits per heavy atom. The van der Waals surface area contributed by atoms with Crippen molar-refractivity contribution < 1.29 is 0 Å². The van der Waals surface area contributed by atoms with Crippen molar-refractivity contribution in [2.24, 2.45) is 0 Å². The fraction of sp³-hybridized carbons (Fsp3) is 0.250. The third kappa shape index (κ3) is 2.35. The van der Waals surface area contributed by atoms with Crippen LogP contribution in [0.25, 0.3) is 16.0 Å². The third-order valence-corrected chi connectivity index (χ3v) is 4.76. The van der Waals surface area contributed by atoms with Gasteiger partial charge in [-0.3, -0.25) is 9.36 Å². The molecule has 122 valence electrons. The number of nitrogens with zero attached hydrogens (tertiary/aromatic N) is 6. The second kappa shape index (κ2) is 5.41. The van der Waals surface area contributed by atoms with Gasteiger partial charge in [-0.15, -0.1) is 5.10 Å². The summed E-state index contributed by atoms with van der Waals surface area (Å²) >= 11 is 1.24. The van der Waals surface area contributed by atoms with Crippen LogP contribution in [0.4, 0.5) is 5.82 Å². The summed E-state index contributed by atoms with van der Waals surface area (Å²) in [6.07, 6.45) is 0. The van der Waals surface area contributed by atoms with Crippen molar-refractivity contribution in [2.45, 2.75) is 13.5 Å². The number of hydrogen-bond donors (Lipinski definition) is 0. The highest BCUT2D eigenvalue weighted by Gasteiger charge is 2.14. The standard InChI is InChI=1S/C16H16N6OS/c1-10-8-14(20(2)3)22-15(17-10)18-13(19-22)9-21-11-6-4-5-7-12(11)24-16(21)23/h4-8H,9H2,1-3H3. The maximum absolute atomic E-state index is 12.3. The van der Waals surface area contributed by atoms with Gasteiger partial charge in [0, 0.05) is 25.9 Å². The molecule has 24 heavy (non-hydrogen) atoms. The number of hydrogen-bond acceptors (Lipinski definition) is 6. The number of para-hydroxylation sites is 1. The Hall–Kier alpha value is -2.74. The first kappa shape index (κ1) is 14.8. The monoisotopic (exact) mass is 340 g/mol. The van der Waals surface area contributed by atoms with Crippen molar-refractivity contribution in [2.75, 3.05) is 19.0 Å². The molecule has 7 nitrogen and oxygen atoms in total. The number of aryl methyl sites for hydroxylation is 1. The molecule has 1 aromatic carbocycles. The Morgan fingerprint density at radius 3 is 2.79 bits per heavy atom. The molecule has 0 saturated heterocycles. The third-order valence-electron chi connectivity index (χ3n) is 3.80. The topological polar surface area (TPSA) is 68.3 Å². The van der Waals surface area contributed by atoms with Crippen LogP contribution in [-0.4, -0.2) is 38.2 Å². The molecule has 3 heterocycles. The van der Waals surface area contributed by atoms with Crippen LogP contribution in [0, 0.1) is 6.92 Å². The lowest BCUT2D eigenvalue weighted by molar-refractivity contribution is 0.749. The summed E-state index contributed by atoms with van der Waals surface area (Å²) in [5.41, 5.74) is 1.78. The van der Waals surface area contributed by atoms with Gasteiger partial charge >= 0.3 is 4.87 Å². The second-order valence-corrected chi connectivity index (χ2v) is 6.81. The quantitative estimate of drug-likeness (QED) is 0.570. The van der Waals surface area contributed by atoms with E-state index in [9.17, 15) is 4.79 Å². The largest absolute Gasteiger partial charge is 0.363 e. The number of aromatic nitrogens is 5. The molecule has 0 unspecified atom stereocenters. The molecule has 0 bridgehead atoms. The molecule has 3 aromatic heterocycles. The molecule has 8 heteroatoms. The molecule has 0 saturated carbocycles. The second-order valence-electron chi connectivity index (χ2n) is 5.81. The Labute approximate surface area is 141 Å². The lowest BCUT2D eigenvalue weighted by Gasteiger charge is -2.13. The number of rotatable bonds is 3. The molecule has 0 atom stereocenters. The first-order valence-corrected chi connectivity index (χ1v) is 8.33. The normalized spacial score (nSPS) is 11.5. The van der Waals surface area contributed by atoms with E-state index in [1.54, 1.807) is 9.08 Å². The van der Waals surface area contributed by atoms with Gasteiger partial charge in [0.1, 0.15) is 5.82 Å². The van der Waals surface area contributed by atoms with Crippen molar-refractivity contribution in [3.8, 4) is 0 Å². The molecule has 0 amide bonds. The van der Waals surface area contributed by atoms with Crippen LogP contribution in [0.3, 0.4) is 0 Å². The Morgan fingerprint density at radius 1 is 1.21 bits per heavy atom. The van der Waals surface area contributed by atoms with Gasteiger partial charge in [-0.25, -0.2) is 4.98 Å². The molecule has 0 aliphatic heterocycles. The average Bonchev–Trinajstić information content (AvgIpc) is 3.07. The zero-order valence-corrected chi connectivity index (χ0v) is 14.4. The maximum atomic E-state index is 12.3. The molecule has 0 aliphatic rings. The first-order valence-electron chi connectivity index (χ1n) is 7.52. The maximum Gasteiger partial charge on any atom is 0.308 e. The zero-order valence-electron chi connectivity index (χ0n) is 13.6. The van der Waals surface area contributed by atoms with Crippen LogP contribution in [0.5, 0.6) is 0 Å². The summed E-state index contributed by atoms with van der Waals surface area (Å²) < 4.78 is 4.38. The van der Waals surface area contributed by atoms with Crippen molar-refractivity contribution in [1.29, 1.82) is 0 Å². The summed E-state index contributed by atoms with van der Waals surface area (Å²) in [6, 6.07) is 9.71. The molecule has 0 spiro atoms. The highest BCUT2D eigenvalue weighted by Crippen LogP contribution is 2.18. The van der Waals surface area contributed by atoms with E-state index in [0.717, 1.165) is 21.7 Å². The summed E-state index contributed by atoms with van der Waals surface area (Å²) in [6.45, 7) is 2.26. The van der Waals surface area contributed by atoms with Gasteiger partial charge in [0.05, 0.1) is 16.8 Å². The smallest absolute Gasteiger partial charge is 0.308 e. The van der Waals surface area contributed by atoms with E-state index >= 15 is 0 Å². The SMILES string of the molecule is Cc1cc(N(C)C)n2nc(Cn3c(=O)sc4ccccc43)nc2n1. The zero-order chi connectivity index (χ0) is 16.8. The molecule has 4 aromatic rings. The number of thiazole rings is 1. The van der Waals surface area contributed by atoms with Gasteiger partial charge in [-0.2, -0.15) is 9.50 Å². The van der Waals surface area contributed by atoms with E-state index in [1.165, 1.54) is 11.3 Å². The van der Waals surface area contributed by atoms with Crippen molar-refractivity contribution in [1.82, 2.24) is 24.1 Å². The summed E-state index contributed by atoms with van der Waals surface area (Å²) in [7, 11) is 3.90. The van der Waals surface area contributed by atoms with Crippen molar-refractivity contribution in [3.63, 3.8) is 0 Å². The van der Waals surface area contributed by atoms with E-state index in [1.807, 2.05) is 56.3 Å². The fourth-order valence-electron chi connectivity index (χ4n) is 2.70. The summed E-state index contributed by atoms with van der Waals surface area (Å²) in [4.78, 5) is 23.2. The van der Waals surface area contributed by atoms with Gasteiger partial charge in [0.25, 0.3) is 5.78 Å². The predicted molar refractivity (Wildman–Crippen MR) is 95.0 cm³/mol. The summed E-state index contributed by atoms with van der Waals surface area (Å²) in [5, 5.41) is 4.54. The van der Waals surface area contributed by atoms with Gasteiger partial charge in [-0.1, -0.05) is 23.5 Å². The summed E-state index contributed by atoms with van der Waals surface area (Å²) in [5.74, 6) is 2.02. The number of fused-ring (bicyclic) bond motifs is 2. The average molecular weight is 340 g/mol. The van der Waals surface area contributed by atoms with Crippen LogP contribution < -0.4 is 9.77 Å². The van der Waals surface area contributed by atoms with Crippen molar-refractivity contribution in [3.05, 3.63) is 51.5 Å². The lowest BCUT2D eigenvalue weighted by atomic mass is 10.3. The van der Waals surface area contributed by atoms with Gasteiger partial charge < -0.3 is 4.90 Å². The molecule has 0 N–H and O–H groups in total. The van der Waals surface area contributed by atoms with Gasteiger partial charge in [0.15, 0.2) is 5.82 Å². The molecule has 0 radical (unpaired) electrons. The van der Waals surface area contributed by atoms with E-state index in [-0.39, 0.29) is 4.87 Å². The van der Waals surface area contributed by atoms with Crippen molar-refractivity contribution >= 4 is 33.1 Å². The van der Waals surface area contributed by atoms with Crippen LogP contribution in [-0.2, 0) is 6.54 Å². The lowest BCUT2D eigenvalue weighted by Crippen LogP contribution is -2.15. The molecule has 0 fully saturated rings. The molecule has 4 rings (SSSR count). The van der Waals surface area contributed by atoms with Gasteiger partial charge in [-0.05, 0) is 19.1 Å². The molecule has 0 aliphatic carbocycles. The van der Waals surface area contributed by atoms with Crippen LogP contribution in [0.2, 0.25) is 0 Å². The first-order chi connectivity index (χ1) is 11.5. The Balaban J connectivity index is 1.84. The molecular formula is C16H16N6OS. The van der Waals surface area contributed by atoms with Crippen LogP contribution >= 0.6 is 11.3 Å². The van der Waals surface area contributed by atoms with E-state index in [2.05, 4.69) is 15.1 Å². The molecular weight excluding hydrogens is 324 g/mol. The number of anilines is 1. The Bertz CT molecular complexity index is 1110. The number of benzene rings is 1. The highest BCUT2D eigenvalue weighted by molar-refractivity contribution is 7.16. The van der Waals surface area contributed by atoms with E-state index < -0.39 is 0 Å². The predicted octanol–water partition coefficient (Wildman–Crippen LogP) is 1.92. The highest BCUT2D eigenvalue weighted by atomic mass is 32.1. The fourth-order valence-corrected chi connectivity index (χ4v) is 3.59. The van der Waals surface area contributed by atoms with Crippen LogP contribution in [0.15, 0.2) is 35.1 Å². The van der Waals surface area contributed by atoms with E-state index in [0.29, 0.717) is 18.1 Å². The van der Waals surface area contributed by atoms with E-state index in [4.69, 9.17) is 0 Å². The minimum atomic E-state index is -0.00738. The van der Waals surface area contributed by atoms with Crippen LogP contribution in [0.1, 0.15) is 11.5 Å². The van der Waals surface area contributed by atoms with Gasteiger partial charge in [0.2, 0.25) is 0 Å².